The summed E-state index contributed by atoms with van der Waals surface area (Å²) in [6.07, 6.45) is 1.39. The number of fused-ring (bicyclic) bond motifs is 1. The molecule has 160 valence electrons. The predicted molar refractivity (Wildman–Crippen MR) is 113 cm³/mol. The number of carbonyl (C=O) groups is 3. The quantitative estimate of drug-likeness (QED) is 0.508. The van der Waals surface area contributed by atoms with Crippen molar-refractivity contribution in [3.63, 3.8) is 0 Å². The van der Waals surface area contributed by atoms with Gasteiger partial charge in [0.25, 0.3) is 11.8 Å². The first-order valence-corrected chi connectivity index (χ1v) is 10.0. The van der Waals surface area contributed by atoms with E-state index in [2.05, 4.69) is 21.2 Å². The maximum atomic E-state index is 13.1. The van der Waals surface area contributed by atoms with Crippen LogP contribution < -0.4 is 29.2 Å². The Kier molecular flexibility index (Phi) is 5.55. The van der Waals surface area contributed by atoms with Crippen molar-refractivity contribution >= 4 is 45.5 Å². The molecule has 31 heavy (non-hydrogen) atoms. The van der Waals surface area contributed by atoms with Crippen LogP contribution >= 0.6 is 15.9 Å². The smallest absolute Gasteiger partial charge is 0.335 e. The Bertz CT molecular complexity index is 1130. The topological polar surface area (TPSA) is 103 Å². The number of carbonyl (C=O) groups excluding carboxylic acids is 3. The number of barbiturate groups is 1. The van der Waals surface area contributed by atoms with Crippen molar-refractivity contribution in [1.82, 2.24) is 5.32 Å². The molecule has 2 aliphatic heterocycles. The lowest BCUT2D eigenvalue weighted by Gasteiger charge is -2.26. The molecule has 2 heterocycles. The zero-order valence-electron chi connectivity index (χ0n) is 16.6. The Morgan fingerprint density at radius 3 is 2.68 bits per heavy atom. The third-order valence-corrected chi connectivity index (χ3v) is 5.15. The summed E-state index contributed by atoms with van der Waals surface area (Å²) < 4.78 is 22.1. The van der Waals surface area contributed by atoms with Crippen LogP contribution in [0.5, 0.6) is 23.0 Å². The zero-order valence-corrected chi connectivity index (χ0v) is 18.1. The van der Waals surface area contributed by atoms with Gasteiger partial charge in [-0.25, -0.2) is 9.69 Å². The number of halogens is 1. The number of urea groups is 1. The molecule has 0 spiro atoms. The molecule has 2 aromatic rings. The molecule has 0 radical (unpaired) electrons. The van der Waals surface area contributed by atoms with Crippen LogP contribution in [0.2, 0.25) is 0 Å². The number of rotatable bonds is 5. The van der Waals surface area contributed by atoms with E-state index in [0.29, 0.717) is 39.6 Å². The first-order valence-electron chi connectivity index (χ1n) is 9.24. The number of ether oxygens (including phenoxy) is 4. The van der Waals surface area contributed by atoms with Gasteiger partial charge in [0, 0.05) is 6.07 Å². The second kappa shape index (κ2) is 8.31. The number of benzene rings is 2. The summed E-state index contributed by atoms with van der Waals surface area (Å²) in [6, 6.07) is 7.10. The molecular formula is C21H17BrN2O7. The average molecular weight is 489 g/mol. The molecule has 10 heteroatoms. The molecule has 4 rings (SSSR count). The molecule has 1 N–H and O–H groups in total. The summed E-state index contributed by atoms with van der Waals surface area (Å²) in [5.41, 5.74) is 0.544. The minimum absolute atomic E-state index is 0.0527. The second-order valence-corrected chi connectivity index (χ2v) is 7.32. The van der Waals surface area contributed by atoms with E-state index in [1.54, 1.807) is 18.2 Å². The van der Waals surface area contributed by atoms with E-state index in [1.807, 2.05) is 6.92 Å². The van der Waals surface area contributed by atoms with Crippen LogP contribution in [0.4, 0.5) is 10.5 Å². The SMILES string of the molecule is CCOc1cc(/C=C2/C(=O)NC(=O)N(c3ccc4c(c3)OCO4)C2=O)cc(Br)c1OC. The number of nitrogens with one attached hydrogen (secondary N) is 1. The fourth-order valence-electron chi connectivity index (χ4n) is 3.22. The first kappa shape index (κ1) is 20.7. The lowest BCUT2D eigenvalue weighted by molar-refractivity contribution is -0.122. The summed E-state index contributed by atoms with van der Waals surface area (Å²) in [7, 11) is 1.51. The Morgan fingerprint density at radius 2 is 1.94 bits per heavy atom. The monoisotopic (exact) mass is 488 g/mol. The molecule has 2 aliphatic rings. The van der Waals surface area contributed by atoms with E-state index >= 15 is 0 Å². The van der Waals surface area contributed by atoms with E-state index in [0.717, 1.165) is 4.90 Å². The minimum Gasteiger partial charge on any atom is -0.492 e. The fourth-order valence-corrected chi connectivity index (χ4v) is 3.84. The van der Waals surface area contributed by atoms with Gasteiger partial charge < -0.3 is 18.9 Å². The number of anilines is 1. The number of hydrogen-bond donors (Lipinski definition) is 1. The van der Waals surface area contributed by atoms with Gasteiger partial charge in [-0.15, -0.1) is 0 Å². The molecule has 0 saturated carbocycles. The molecule has 9 nitrogen and oxygen atoms in total. The highest BCUT2D eigenvalue weighted by Gasteiger charge is 2.37. The molecule has 0 unspecified atom stereocenters. The third kappa shape index (κ3) is 3.81. The van der Waals surface area contributed by atoms with Crippen LogP contribution in [0.1, 0.15) is 12.5 Å². The van der Waals surface area contributed by atoms with E-state index in [4.69, 9.17) is 18.9 Å². The van der Waals surface area contributed by atoms with Crippen LogP contribution in [0.15, 0.2) is 40.4 Å². The maximum Gasteiger partial charge on any atom is 0.335 e. The zero-order chi connectivity index (χ0) is 22.1. The molecular weight excluding hydrogens is 472 g/mol. The van der Waals surface area contributed by atoms with Crippen LogP contribution in [-0.2, 0) is 9.59 Å². The Morgan fingerprint density at radius 1 is 1.16 bits per heavy atom. The van der Waals surface area contributed by atoms with Gasteiger partial charge in [-0.3, -0.25) is 14.9 Å². The molecule has 0 atom stereocenters. The van der Waals surface area contributed by atoms with Crippen molar-refractivity contribution in [2.45, 2.75) is 6.92 Å². The van der Waals surface area contributed by atoms with Gasteiger partial charge in [-0.05, 0) is 58.8 Å². The highest BCUT2D eigenvalue weighted by atomic mass is 79.9. The minimum atomic E-state index is -0.850. The molecule has 1 fully saturated rings. The summed E-state index contributed by atoms with van der Waals surface area (Å²) >= 11 is 3.40. The van der Waals surface area contributed by atoms with Crippen LogP contribution in [-0.4, -0.2) is 38.4 Å². The maximum absolute atomic E-state index is 13.1. The number of hydrogen-bond acceptors (Lipinski definition) is 7. The van der Waals surface area contributed by atoms with E-state index in [9.17, 15) is 14.4 Å². The van der Waals surface area contributed by atoms with Crippen LogP contribution in [0, 0.1) is 0 Å². The van der Waals surface area contributed by atoms with Crippen LogP contribution in [0.3, 0.4) is 0 Å². The molecule has 2 aromatic carbocycles. The van der Waals surface area contributed by atoms with E-state index in [-0.39, 0.29) is 18.1 Å². The Hall–Kier alpha value is -3.53. The lowest BCUT2D eigenvalue weighted by atomic mass is 10.1. The van der Waals surface area contributed by atoms with Gasteiger partial charge >= 0.3 is 6.03 Å². The average Bonchev–Trinajstić information content (AvgIpc) is 3.19. The fraction of sp³-hybridized carbons (Fsp3) is 0.190. The summed E-state index contributed by atoms with van der Waals surface area (Å²) in [5.74, 6) is 0.279. The molecule has 0 aliphatic carbocycles. The summed E-state index contributed by atoms with van der Waals surface area (Å²) in [4.78, 5) is 38.8. The lowest BCUT2D eigenvalue weighted by Crippen LogP contribution is -2.54. The number of methoxy groups -OCH3 is 1. The highest BCUT2D eigenvalue weighted by Crippen LogP contribution is 2.38. The van der Waals surface area contributed by atoms with Crippen molar-refractivity contribution < 1.29 is 33.3 Å². The van der Waals surface area contributed by atoms with Crippen molar-refractivity contribution in [1.29, 1.82) is 0 Å². The van der Waals surface area contributed by atoms with E-state index < -0.39 is 17.8 Å². The predicted octanol–water partition coefficient (Wildman–Crippen LogP) is 3.25. The molecule has 0 bridgehead atoms. The van der Waals surface area contributed by atoms with E-state index in [1.165, 1.54) is 25.3 Å². The Labute approximate surface area is 185 Å². The molecule has 1 saturated heterocycles. The van der Waals surface area contributed by atoms with Gasteiger partial charge in [0.1, 0.15) is 5.57 Å². The van der Waals surface area contributed by atoms with Gasteiger partial charge in [-0.1, -0.05) is 0 Å². The van der Waals surface area contributed by atoms with Crippen molar-refractivity contribution in [3.05, 3.63) is 45.9 Å². The normalized spacial score (nSPS) is 16.5. The number of nitrogens with zero attached hydrogens (tertiary/aromatic N) is 1. The standard InChI is InChI=1S/C21H17BrN2O7/c1-3-29-17-8-11(7-14(22)18(17)28-2)6-13-19(25)23-21(27)24(20(13)26)12-4-5-15-16(9-12)31-10-30-15/h4-9H,3,10H2,1-2H3,(H,23,25,27)/b13-6-. The second-order valence-electron chi connectivity index (χ2n) is 6.46. The van der Waals surface area contributed by atoms with Crippen molar-refractivity contribution in [3.8, 4) is 23.0 Å². The largest absolute Gasteiger partial charge is 0.492 e. The van der Waals surface area contributed by atoms with Gasteiger partial charge in [0.2, 0.25) is 6.79 Å². The van der Waals surface area contributed by atoms with Gasteiger partial charge in [-0.2, -0.15) is 0 Å². The highest BCUT2D eigenvalue weighted by molar-refractivity contribution is 9.10. The number of imide groups is 2. The number of amides is 4. The van der Waals surface area contributed by atoms with Crippen LogP contribution in [0.25, 0.3) is 6.08 Å². The summed E-state index contributed by atoms with van der Waals surface area (Å²) in [6.45, 7) is 2.27. The van der Waals surface area contributed by atoms with Gasteiger partial charge in [0.05, 0.1) is 23.9 Å². The summed E-state index contributed by atoms with van der Waals surface area (Å²) in [5, 5.41) is 2.19. The molecule has 0 aromatic heterocycles. The van der Waals surface area contributed by atoms with Gasteiger partial charge in [0.15, 0.2) is 23.0 Å². The third-order valence-electron chi connectivity index (χ3n) is 4.56. The van der Waals surface area contributed by atoms with Crippen molar-refractivity contribution in [2.24, 2.45) is 0 Å². The van der Waals surface area contributed by atoms with Crippen molar-refractivity contribution in [2.75, 3.05) is 25.4 Å². The first-order chi connectivity index (χ1) is 14.9. The molecule has 4 amide bonds. The Balaban J connectivity index is 1.73.